The van der Waals surface area contributed by atoms with Gasteiger partial charge in [0.25, 0.3) is 0 Å². The molecule has 148 valence electrons. The van der Waals surface area contributed by atoms with Crippen molar-refractivity contribution in [2.45, 2.75) is 46.4 Å². The smallest absolute Gasteiger partial charge is 0.435 e. The zero-order valence-corrected chi connectivity index (χ0v) is 17.6. The summed E-state index contributed by atoms with van der Waals surface area (Å²) in [6, 6.07) is 10.7. The number of hydrogen-bond acceptors (Lipinski definition) is 6. The van der Waals surface area contributed by atoms with Crippen LogP contribution in [0.5, 0.6) is 0 Å². The molecule has 1 aromatic carbocycles. The summed E-state index contributed by atoms with van der Waals surface area (Å²) < 4.78 is 26.2. The first-order valence-corrected chi connectivity index (χ1v) is 10.5. The number of nitrogens with zero attached hydrogens (tertiary/aromatic N) is 2. The van der Waals surface area contributed by atoms with Crippen molar-refractivity contribution >= 4 is 26.3 Å². The number of aliphatic carboxylic acids is 1. The van der Waals surface area contributed by atoms with E-state index in [1.54, 1.807) is 58.0 Å². The molecule has 0 aliphatic rings. The average molecular weight is 412 g/mol. The predicted molar refractivity (Wildman–Crippen MR) is 106 cm³/mol. The van der Waals surface area contributed by atoms with Crippen molar-refractivity contribution in [2.75, 3.05) is 5.75 Å². The third-order valence-electron chi connectivity index (χ3n) is 3.23. The maximum Gasteiger partial charge on any atom is 0.435 e. The van der Waals surface area contributed by atoms with Gasteiger partial charge in [0.05, 0.1) is 24.4 Å². The topological polar surface area (TPSA) is 99.9 Å². The molecule has 0 saturated carbocycles. The molecule has 7 nitrogen and oxygen atoms in total. The van der Waals surface area contributed by atoms with Crippen LogP contribution in [0.3, 0.4) is 0 Å². The predicted octanol–water partition coefficient (Wildman–Crippen LogP) is 4.24. The first kappa shape index (κ1) is 23.3. The number of carboxylic acid groups (broad SMARTS) is 1. The molecule has 0 aliphatic carbocycles. The highest BCUT2D eigenvalue weighted by atomic mass is 32.1. The lowest BCUT2D eigenvalue weighted by atomic mass is 10.2. The van der Waals surface area contributed by atoms with Gasteiger partial charge in [-0.3, -0.25) is 13.7 Å². The second kappa shape index (κ2) is 10.5. The number of benzene rings is 1. The molecule has 0 spiro atoms. The number of carboxylic acids is 1. The van der Waals surface area contributed by atoms with Crippen molar-refractivity contribution in [3.05, 3.63) is 47.2 Å². The summed E-state index contributed by atoms with van der Waals surface area (Å²) >= 11 is 4.18. The van der Waals surface area contributed by atoms with Crippen LogP contribution in [-0.2, 0) is 25.0 Å². The molecular formula is C18H25N2O5PS. The minimum absolute atomic E-state index is 0.0261. The molecule has 9 heteroatoms. The standard InChI is InChI=1S/C18H25N2O5PS/c1-13(2)24-26(23,25-14(3)4)20(11-15-8-6-5-7-9-15)17(12-27)16(10-19)18(21)22/h5-9,13-14,27H,11-12H2,1-4H3,(H,21,22)/b17-16+. The van der Waals surface area contributed by atoms with Crippen LogP contribution in [0.4, 0.5) is 0 Å². The number of hydrogen-bond donors (Lipinski definition) is 2. The fraction of sp³-hybridized carbons (Fsp3) is 0.444. The second-order valence-corrected chi connectivity index (χ2v) is 8.37. The molecule has 0 aliphatic heterocycles. The van der Waals surface area contributed by atoms with Crippen molar-refractivity contribution in [1.29, 1.82) is 5.26 Å². The van der Waals surface area contributed by atoms with E-state index in [0.717, 1.165) is 5.56 Å². The summed E-state index contributed by atoms with van der Waals surface area (Å²) in [5.74, 6) is -1.56. The fourth-order valence-corrected chi connectivity index (χ4v) is 4.87. The minimum atomic E-state index is -3.97. The maximum absolute atomic E-state index is 13.7. The minimum Gasteiger partial charge on any atom is -0.477 e. The maximum atomic E-state index is 13.7. The Hall–Kier alpha value is -1.78. The molecule has 1 aromatic rings. The van der Waals surface area contributed by atoms with E-state index in [-0.39, 0.29) is 18.0 Å². The largest absolute Gasteiger partial charge is 0.477 e. The highest BCUT2D eigenvalue weighted by Crippen LogP contribution is 2.57. The van der Waals surface area contributed by atoms with E-state index < -0.39 is 31.5 Å². The van der Waals surface area contributed by atoms with Crippen molar-refractivity contribution in [1.82, 2.24) is 4.67 Å². The molecule has 0 amide bonds. The normalized spacial score (nSPS) is 12.7. The Morgan fingerprint density at radius 1 is 1.22 bits per heavy atom. The molecule has 1 rings (SSSR count). The van der Waals surface area contributed by atoms with Crippen molar-refractivity contribution in [2.24, 2.45) is 0 Å². The van der Waals surface area contributed by atoms with Crippen LogP contribution >= 0.6 is 20.4 Å². The van der Waals surface area contributed by atoms with Crippen LogP contribution < -0.4 is 0 Å². The summed E-state index contributed by atoms with van der Waals surface area (Å²) in [7, 11) is -3.97. The summed E-state index contributed by atoms with van der Waals surface area (Å²) in [6.07, 6.45) is -0.909. The van der Waals surface area contributed by atoms with Gasteiger partial charge in [0, 0.05) is 5.75 Å². The van der Waals surface area contributed by atoms with Gasteiger partial charge in [0.15, 0.2) is 5.57 Å². The van der Waals surface area contributed by atoms with E-state index in [1.807, 2.05) is 6.07 Å². The summed E-state index contributed by atoms with van der Waals surface area (Å²) in [6.45, 7) is 6.83. The molecule has 27 heavy (non-hydrogen) atoms. The van der Waals surface area contributed by atoms with Gasteiger partial charge >= 0.3 is 13.7 Å². The van der Waals surface area contributed by atoms with E-state index in [2.05, 4.69) is 12.6 Å². The van der Waals surface area contributed by atoms with Gasteiger partial charge in [0.2, 0.25) is 0 Å². The lowest BCUT2D eigenvalue weighted by molar-refractivity contribution is -0.132. The van der Waals surface area contributed by atoms with E-state index in [9.17, 15) is 19.7 Å². The third kappa shape index (κ3) is 6.71. The van der Waals surface area contributed by atoms with Crippen LogP contribution in [0, 0.1) is 11.3 Å². The Kier molecular flexibility index (Phi) is 9.07. The first-order valence-electron chi connectivity index (χ1n) is 8.40. The third-order valence-corrected chi connectivity index (χ3v) is 5.88. The van der Waals surface area contributed by atoms with Crippen LogP contribution in [-0.4, -0.2) is 33.7 Å². The van der Waals surface area contributed by atoms with Gasteiger partial charge in [0.1, 0.15) is 6.07 Å². The van der Waals surface area contributed by atoms with E-state index >= 15 is 0 Å². The summed E-state index contributed by atoms with van der Waals surface area (Å²) in [5.41, 5.74) is 0.169. The van der Waals surface area contributed by atoms with Crippen molar-refractivity contribution in [3.8, 4) is 6.07 Å². The second-order valence-electron chi connectivity index (χ2n) is 6.22. The van der Waals surface area contributed by atoms with Crippen LogP contribution in [0.25, 0.3) is 0 Å². The SMILES string of the molecule is CC(C)OP(=O)(OC(C)C)N(Cc1ccccc1)/C(CS)=C(\C#N)C(=O)O. The van der Waals surface area contributed by atoms with E-state index in [0.29, 0.717) is 0 Å². The molecule has 0 saturated heterocycles. The Balaban J connectivity index is 3.62. The van der Waals surface area contributed by atoms with Gasteiger partial charge in [-0.05, 0) is 33.3 Å². The molecule has 0 radical (unpaired) electrons. The quantitative estimate of drug-likeness (QED) is 0.257. The molecule has 0 aromatic heterocycles. The fourth-order valence-electron chi connectivity index (χ4n) is 2.28. The Morgan fingerprint density at radius 3 is 2.11 bits per heavy atom. The molecule has 0 unspecified atom stereocenters. The van der Waals surface area contributed by atoms with Gasteiger partial charge in [-0.15, -0.1) is 0 Å². The van der Waals surface area contributed by atoms with Crippen LogP contribution in [0.2, 0.25) is 0 Å². The highest BCUT2D eigenvalue weighted by molar-refractivity contribution is 7.80. The lowest BCUT2D eigenvalue weighted by Gasteiger charge is -2.35. The zero-order chi connectivity index (χ0) is 20.6. The zero-order valence-electron chi connectivity index (χ0n) is 15.8. The van der Waals surface area contributed by atoms with Crippen LogP contribution in [0.1, 0.15) is 33.3 Å². The Morgan fingerprint density at radius 2 is 1.74 bits per heavy atom. The molecule has 1 N–H and O–H groups in total. The number of carbonyl (C=O) groups is 1. The Bertz CT molecular complexity index is 745. The lowest BCUT2D eigenvalue weighted by Crippen LogP contribution is -2.28. The van der Waals surface area contributed by atoms with Crippen molar-refractivity contribution in [3.63, 3.8) is 0 Å². The van der Waals surface area contributed by atoms with Gasteiger partial charge < -0.3 is 5.11 Å². The molecule has 0 heterocycles. The first-order chi connectivity index (χ1) is 12.6. The molecular weight excluding hydrogens is 387 g/mol. The van der Waals surface area contributed by atoms with Gasteiger partial charge in [-0.2, -0.15) is 17.9 Å². The Labute approximate surface area is 165 Å². The van der Waals surface area contributed by atoms with Gasteiger partial charge in [-0.25, -0.2) is 9.36 Å². The van der Waals surface area contributed by atoms with E-state index in [1.165, 1.54) is 4.67 Å². The average Bonchev–Trinajstić information content (AvgIpc) is 2.56. The molecule has 0 fully saturated rings. The monoisotopic (exact) mass is 412 g/mol. The molecule has 0 bridgehead atoms. The van der Waals surface area contributed by atoms with Gasteiger partial charge in [-0.1, -0.05) is 30.3 Å². The number of thiol groups is 1. The van der Waals surface area contributed by atoms with Crippen LogP contribution in [0.15, 0.2) is 41.6 Å². The molecule has 0 atom stereocenters. The number of nitriles is 1. The van der Waals surface area contributed by atoms with E-state index in [4.69, 9.17) is 9.05 Å². The summed E-state index contributed by atoms with van der Waals surface area (Å²) in [4.78, 5) is 11.5. The number of rotatable bonds is 10. The summed E-state index contributed by atoms with van der Waals surface area (Å²) in [5, 5.41) is 18.7. The van der Waals surface area contributed by atoms with Crippen molar-refractivity contribution < 1.29 is 23.5 Å². The highest BCUT2D eigenvalue weighted by Gasteiger charge is 2.39.